The monoisotopic (exact) mass is 329 g/mol. The van der Waals surface area contributed by atoms with Crippen LogP contribution in [0.25, 0.3) is 0 Å². The minimum atomic E-state index is -4.44. The van der Waals surface area contributed by atoms with Crippen molar-refractivity contribution in [1.82, 2.24) is 0 Å². The average Bonchev–Trinajstić information content (AvgIpc) is 2.48. The Morgan fingerprint density at radius 2 is 1.74 bits per heavy atom. The fraction of sp³-hybridized carbons (Fsp3) is 0.133. The van der Waals surface area contributed by atoms with Gasteiger partial charge in [-0.05, 0) is 29.8 Å². The van der Waals surface area contributed by atoms with Crippen LogP contribution in [0.4, 0.5) is 17.6 Å². The molecule has 0 bridgehead atoms. The van der Waals surface area contributed by atoms with E-state index in [4.69, 9.17) is 10.5 Å². The second-order valence-corrected chi connectivity index (χ2v) is 4.62. The van der Waals surface area contributed by atoms with Gasteiger partial charge in [0.05, 0.1) is 11.1 Å². The van der Waals surface area contributed by atoms with Gasteiger partial charge < -0.3 is 15.6 Å². The minimum Gasteiger partial charge on any atom is -0.504 e. The number of amides is 1. The lowest BCUT2D eigenvalue weighted by atomic mass is 10.1. The van der Waals surface area contributed by atoms with Crippen molar-refractivity contribution in [3.8, 4) is 11.5 Å². The molecule has 2 aromatic rings. The van der Waals surface area contributed by atoms with Crippen molar-refractivity contribution < 1.29 is 32.2 Å². The molecule has 4 nitrogen and oxygen atoms in total. The summed E-state index contributed by atoms with van der Waals surface area (Å²) >= 11 is 0. The number of carbonyl (C=O) groups excluding carboxylic acids is 1. The summed E-state index contributed by atoms with van der Waals surface area (Å²) < 4.78 is 56.2. The maximum atomic E-state index is 13.8. The normalized spacial score (nSPS) is 11.3. The van der Waals surface area contributed by atoms with Crippen LogP contribution in [0, 0.1) is 5.82 Å². The van der Waals surface area contributed by atoms with E-state index in [2.05, 4.69) is 0 Å². The number of primary amides is 1. The van der Waals surface area contributed by atoms with Crippen molar-refractivity contribution in [2.45, 2.75) is 12.8 Å². The van der Waals surface area contributed by atoms with Crippen molar-refractivity contribution in [3.63, 3.8) is 0 Å². The topological polar surface area (TPSA) is 72.6 Å². The first-order valence-corrected chi connectivity index (χ1v) is 6.30. The summed E-state index contributed by atoms with van der Waals surface area (Å²) in [5.41, 5.74) is 4.11. The number of halogens is 4. The zero-order valence-electron chi connectivity index (χ0n) is 11.5. The molecule has 0 heterocycles. The van der Waals surface area contributed by atoms with Gasteiger partial charge in [-0.2, -0.15) is 17.6 Å². The van der Waals surface area contributed by atoms with Gasteiger partial charge in [-0.25, -0.2) is 0 Å². The van der Waals surface area contributed by atoms with Crippen molar-refractivity contribution in [2.24, 2.45) is 5.73 Å². The van der Waals surface area contributed by atoms with Crippen LogP contribution in [0.15, 0.2) is 36.4 Å². The molecular weight excluding hydrogens is 318 g/mol. The van der Waals surface area contributed by atoms with E-state index in [1.165, 1.54) is 12.1 Å². The van der Waals surface area contributed by atoms with Crippen LogP contribution in [0.1, 0.15) is 21.5 Å². The number of nitrogens with two attached hydrogens (primary N) is 1. The Morgan fingerprint density at radius 3 is 2.26 bits per heavy atom. The summed E-state index contributed by atoms with van der Waals surface area (Å²) in [7, 11) is 0. The quantitative estimate of drug-likeness (QED) is 0.846. The molecule has 0 aliphatic heterocycles. The summed E-state index contributed by atoms with van der Waals surface area (Å²) in [6, 6.07) is 6.32. The Morgan fingerprint density at radius 1 is 1.13 bits per heavy atom. The van der Waals surface area contributed by atoms with E-state index >= 15 is 0 Å². The SMILES string of the molecule is NC(=O)c1ccc(OCc2ccc(C(F)(F)F)cc2)c(F)c1O. The molecule has 0 aliphatic rings. The molecule has 0 saturated carbocycles. The standard InChI is InChI=1S/C15H11F4NO3/c16-12-11(6-5-10(13(12)21)14(20)22)23-7-8-1-3-9(4-2-8)15(17,18)19/h1-6,21H,7H2,(H2,20,22). The van der Waals surface area contributed by atoms with Crippen molar-refractivity contribution in [2.75, 3.05) is 0 Å². The highest BCUT2D eigenvalue weighted by Crippen LogP contribution is 2.31. The van der Waals surface area contributed by atoms with Crippen molar-refractivity contribution >= 4 is 5.91 Å². The number of benzene rings is 2. The summed E-state index contributed by atoms with van der Waals surface area (Å²) in [5, 5.41) is 9.49. The Balaban J connectivity index is 2.12. The van der Waals surface area contributed by atoms with Crippen LogP contribution >= 0.6 is 0 Å². The van der Waals surface area contributed by atoms with Gasteiger partial charge in [0.1, 0.15) is 6.61 Å². The van der Waals surface area contributed by atoms with Gasteiger partial charge in [-0.1, -0.05) is 12.1 Å². The van der Waals surface area contributed by atoms with E-state index in [9.17, 15) is 27.5 Å². The van der Waals surface area contributed by atoms with E-state index in [0.29, 0.717) is 5.56 Å². The molecule has 0 radical (unpaired) electrons. The smallest absolute Gasteiger partial charge is 0.416 e. The predicted octanol–water partition coefficient (Wildman–Crippen LogP) is 3.23. The zero-order chi connectivity index (χ0) is 17.2. The maximum absolute atomic E-state index is 13.8. The van der Waals surface area contributed by atoms with Gasteiger partial charge in [0, 0.05) is 0 Å². The van der Waals surface area contributed by atoms with E-state index in [1.807, 2.05) is 0 Å². The summed E-state index contributed by atoms with van der Waals surface area (Å²) in [4.78, 5) is 10.9. The third-order valence-electron chi connectivity index (χ3n) is 3.02. The number of carbonyl (C=O) groups is 1. The first-order chi connectivity index (χ1) is 10.7. The molecule has 8 heteroatoms. The third-order valence-corrected chi connectivity index (χ3v) is 3.02. The highest BCUT2D eigenvalue weighted by atomic mass is 19.4. The second kappa shape index (κ2) is 6.15. The van der Waals surface area contributed by atoms with Crippen LogP contribution in [0.3, 0.4) is 0 Å². The van der Waals surface area contributed by atoms with E-state index in [-0.39, 0.29) is 12.4 Å². The van der Waals surface area contributed by atoms with E-state index in [0.717, 1.165) is 24.3 Å². The number of hydrogen-bond acceptors (Lipinski definition) is 3. The molecular formula is C15H11F4NO3. The highest BCUT2D eigenvalue weighted by molar-refractivity contribution is 5.95. The zero-order valence-corrected chi connectivity index (χ0v) is 11.5. The second-order valence-electron chi connectivity index (χ2n) is 4.62. The van der Waals surface area contributed by atoms with Crippen LogP contribution in [0.2, 0.25) is 0 Å². The van der Waals surface area contributed by atoms with Crippen LogP contribution in [-0.4, -0.2) is 11.0 Å². The molecule has 0 saturated heterocycles. The summed E-state index contributed by atoms with van der Waals surface area (Å²) in [6.45, 7) is -0.218. The van der Waals surface area contributed by atoms with Gasteiger partial charge in [-0.3, -0.25) is 4.79 Å². The van der Waals surface area contributed by atoms with Crippen LogP contribution < -0.4 is 10.5 Å². The van der Waals surface area contributed by atoms with E-state index in [1.54, 1.807) is 0 Å². The Hall–Kier alpha value is -2.77. The van der Waals surface area contributed by atoms with Gasteiger partial charge in [0.25, 0.3) is 5.91 Å². The Bertz CT molecular complexity index is 727. The number of alkyl halides is 3. The van der Waals surface area contributed by atoms with Gasteiger partial charge >= 0.3 is 6.18 Å². The Labute approximate surface area is 128 Å². The predicted molar refractivity (Wildman–Crippen MR) is 72.4 cm³/mol. The number of rotatable bonds is 4. The molecule has 0 spiro atoms. The van der Waals surface area contributed by atoms with Gasteiger partial charge in [0.15, 0.2) is 11.5 Å². The molecule has 2 aromatic carbocycles. The van der Waals surface area contributed by atoms with Crippen LogP contribution in [0.5, 0.6) is 11.5 Å². The highest BCUT2D eigenvalue weighted by Gasteiger charge is 2.29. The number of ether oxygens (including phenoxy) is 1. The number of aromatic hydroxyl groups is 1. The van der Waals surface area contributed by atoms with Gasteiger partial charge in [-0.15, -0.1) is 0 Å². The fourth-order valence-electron chi connectivity index (χ4n) is 1.81. The lowest BCUT2D eigenvalue weighted by Crippen LogP contribution is -2.12. The molecule has 0 unspecified atom stereocenters. The molecule has 3 N–H and O–H groups in total. The minimum absolute atomic E-state index is 0.218. The number of phenols is 1. The first-order valence-electron chi connectivity index (χ1n) is 6.30. The van der Waals surface area contributed by atoms with Crippen molar-refractivity contribution in [3.05, 3.63) is 58.9 Å². The first kappa shape index (κ1) is 16.6. The molecule has 0 aliphatic carbocycles. The lowest BCUT2D eigenvalue weighted by molar-refractivity contribution is -0.137. The summed E-state index contributed by atoms with van der Waals surface area (Å²) in [6.07, 6.45) is -4.44. The average molecular weight is 329 g/mol. The van der Waals surface area contributed by atoms with Crippen molar-refractivity contribution in [1.29, 1.82) is 0 Å². The molecule has 0 aromatic heterocycles. The molecule has 1 amide bonds. The third kappa shape index (κ3) is 3.71. The molecule has 2 rings (SSSR count). The molecule has 0 atom stereocenters. The van der Waals surface area contributed by atoms with Crippen LogP contribution in [-0.2, 0) is 12.8 Å². The largest absolute Gasteiger partial charge is 0.504 e. The lowest BCUT2D eigenvalue weighted by Gasteiger charge is -2.11. The molecule has 0 fully saturated rings. The summed E-state index contributed by atoms with van der Waals surface area (Å²) in [5.74, 6) is -3.47. The fourth-order valence-corrected chi connectivity index (χ4v) is 1.81. The number of hydrogen-bond donors (Lipinski definition) is 2. The Kier molecular flexibility index (Phi) is 4.44. The maximum Gasteiger partial charge on any atom is 0.416 e. The van der Waals surface area contributed by atoms with Gasteiger partial charge in [0.2, 0.25) is 5.82 Å². The van der Waals surface area contributed by atoms with E-state index < -0.39 is 34.8 Å². The molecule has 23 heavy (non-hydrogen) atoms. The molecule has 122 valence electrons.